The molecule has 31 heavy (non-hydrogen) atoms. The monoisotopic (exact) mass is 425 g/mol. The lowest BCUT2D eigenvalue weighted by molar-refractivity contribution is -0.128. The third kappa shape index (κ3) is 6.41. The summed E-state index contributed by atoms with van der Waals surface area (Å²) >= 11 is 0. The molecule has 0 aliphatic carbocycles. The van der Waals surface area contributed by atoms with E-state index < -0.39 is 6.04 Å². The molecule has 1 aromatic carbocycles. The molecule has 0 bridgehead atoms. The molecule has 1 aliphatic rings. The molecule has 1 unspecified atom stereocenters. The van der Waals surface area contributed by atoms with E-state index in [0.29, 0.717) is 6.42 Å². The zero-order valence-electron chi connectivity index (χ0n) is 18.6. The number of methoxy groups -OCH3 is 1. The molecule has 166 valence electrons. The number of piperidine rings is 1. The van der Waals surface area contributed by atoms with Gasteiger partial charge in [-0.2, -0.15) is 0 Å². The maximum absolute atomic E-state index is 13.0. The van der Waals surface area contributed by atoms with E-state index in [1.54, 1.807) is 7.11 Å². The number of aromatic nitrogens is 2. The summed E-state index contributed by atoms with van der Waals surface area (Å²) in [4.78, 5) is 35.9. The molecule has 0 spiro atoms. The van der Waals surface area contributed by atoms with Crippen molar-refractivity contribution in [3.8, 4) is 5.75 Å². The molecule has 0 radical (unpaired) electrons. The van der Waals surface area contributed by atoms with Crippen molar-refractivity contribution in [1.29, 1.82) is 0 Å². The first-order valence-electron chi connectivity index (χ1n) is 10.6. The van der Waals surface area contributed by atoms with Gasteiger partial charge in [0.1, 0.15) is 11.8 Å². The Balaban J connectivity index is 1.59. The van der Waals surface area contributed by atoms with Crippen LogP contribution in [0.2, 0.25) is 0 Å². The molecule has 1 aromatic heterocycles. The second kappa shape index (κ2) is 10.2. The molecule has 2 heterocycles. The highest BCUT2D eigenvalue weighted by Gasteiger charge is 2.26. The van der Waals surface area contributed by atoms with Crippen molar-refractivity contribution in [3.05, 3.63) is 47.3 Å². The van der Waals surface area contributed by atoms with E-state index in [9.17, 15) is 9.59 Å². The van der Waals surface area contributed by atoms with Gasteiger partial charge in [0.15, 0.2) is 0 Å². The Morgan fingerprint density at radius 3 is 2.45 bits per heavy atom. The molecule has 2 aromatic rings. The van der Waals surface area contributed by atoms with E-state index in [4.69, 9.17) is 4.74 Å². The first-order chi connectivity index (χ1) is 14.8. The van der Waals surface area contributed by atoms with Crippen LogP contribution in [-0.2, 0) is 16.0 Å². The molecular weight excluding hydrogens is 394 g/mol. The molecule has 2 N–H and O–H groups in total. The number of amides is 2. The lowest BCUT2D eigenvalue weighted by Crippen LogP contribution is -2.52. The summed E-state index contributed by atoms with van der Waals surface area (Å²) in [6.45, 7) is 6.91. The summed E-state index contributed by atoms with van der Waals surface area (Å²) in [6, 6.07) is 8.91. The van der Waals surface area contributed by atoms with Gasteiger partial charge in [0.2, 0.25) is 17.8 Å². The van der Waals surface area contributed by atoms with Gasteiger partial charge >= 0.3 is 0 Å². The zero-order chi connectivity index (χ0) is 22.4. The highest BCUT2D eigenvalue weighted by molar-refractivity contribution is 5.87. The first-order valence-corrected chi connectivity index (χ1v) is 10.6. The minimum absolute atomic E-state index is 0.0521. The van der Waals surface area contributed by atoms with Crippen molar-refractivity contribution >= 4 is 17.8 Å². The predicted octanol–water partition coefficient (Wildman–Crippen LogP) is 1.93. The number of hydrogen-bond acceptors (Lipinski definition) is 6. The lowest BCUT2D eigenvalue weighted by atomic mass is 10.0. The Hall–Kier alpha value is -3.16. The quantitative estimate of drug-likeness (QED) is 0.704. The minimum Gasteiger partial charge on any atom is -0.497 e. The largest absolute Gasteiger partial charge is 0.497 e. The number of aryl methyl sites for hydroxylation is 2. The zero-order valence-corrected chi connectivity index (χ0v) is 18.6. The number of nitrogens with one attached hydrogen (secondary N) is 2. The first kappa shape index (κ1) is 22.5. The van der Waals surface area contributed by atoms with Crippen molar-refractivity contribution in [2.75, 3.05) is 25.1 Å². The topological polar surface area (TPSA) is 96.4 Å². The van der Waals surface area contributed by atoms with Gasteiger partial charge < -0.3 is 20.3 Å². The van der Waals surface area contributed by atoms with Crippen molar-refractivity contribution in [2.24, 2.45) is 0 Å². The summed E-state index contributed by atoms with van der Waals surface area (Å²) in [7, 11) is 1.60. The normalized spacial score (nSPS) is 15.3. The third-order valence-electron chi connectivity index (χ3n) is 5.36. The van der Waals surface area contributed by atoms with E-state index in [1.165, 1.54) is 6.92 Å². The molecule has 1 saturated heterocycles. The van der Waals surface area contributed by atoms with Crippen molar-refractivity contribution in [2.45, 2.75) is 52.1 Å². The number of benzene rings is 1. The SMILES string of the molecule is COc1cccc(CC(NC(C)=O)C(=O)NC2CCN(c3nc(C)cc(C)n3)CC2)c1. The molecule has 1 atom stereocenters. The van der Waals surface area contributed by atoms with Crippen LogP contribution in [0.5, 0.6) is 5.75 Å². The second-order valence-corrected chi connectivity index (χ2v) is 8.03. The minimum atomic E-state index is -0.634. The van der Waals surface area contributed by atoms with E-state index in [0.717, 1.165) is 54.6 Å². The third-order valence-corrected chi connectivity index (χ3v) is 5.36. The fourth-order valence-corrected chi connectivity index (χ4v) is 3.86. The maximum Gasteiger partial charge on any atom is 0.243 e. The summed E-state index contributed by atoms with van der Waals surface area (Å²) in [6.07, 6.45) is 2.00. The van der Waals surface area contributed by atoms with Crippen LogP contribution in [0.3, 0.4) is 0 Å². The molecule has 3 rings (SSSR count). The Labute approximate surface area is 183 Å². The number of anilines is 1. The van der Waals surface area contributed by atoms with Gasteiger partial charge in [-0.25, -0.2) is 9.97 Å². The summed E-state index contributed by atoms with van der Waals surface area (Å²) in [5.74, 6) is 1.07. The van der Waals surface area contributed by atoms with E-state index in [-0.39, 0.29) is 17.9 Å². The fourth-order valence-electron chi connectivity index (χ4n) is 3.86. The molecule has 1 fully saturated rings. The second-order valence-electron chi connectivity index (χ2n) is 8.03. The number of ether oxygens (including phenoxy) is 1. The molecule has 8 heteroatoms. The van der Waals surface area contributed by atoms with Crippen LogP contribution in [0.4, 0.5) is 5.95 Å². The highest BCUT2D eigenvalue weighted by atomic mass is 16.5. The molecule has 2 amide bonds. The fraction of sp³-hybridized carbons (Fsp3) is 0.478. The van der Waals surface area contributed by atoms with Gasteiger partial charge in [-0.15, -0.1) is 0 Å². The van der Waals surface area contributed by atoms with E-state index in [2.05, 4.69) is 25.5 Å². The smallest absolute Gasteiger partial charge is 0.243 e. The lowest BCUT2D eigenvalue weighted by Gasteiger charge is -2.33. The average Bonchev–Trinajstić information content (AvgIpc) is 2.73. The highest BCUT2D eigenvalue weighted by Crippen LogP contribution is 2.18. The van der Waals surface area contributed by atoms with Crippen LogP contribution in [0.1, 0.15) is 36.7 Å². The Morgan fingerprint density at radius 1 is 1.16 bits per heavy atom. The molecule has 8 nitrogen and oxygen atoms in total. The number of hydrogen-bond donors (Lipinski definition) is 2. The van der Waals surface area contributed by atoms with Crippen LogP contribution in [0, 0.1) is 13.8 Å². The van der Waals surface area contributed by atoms with Crippen molar-refractivity contribution in [3.63, 3.8) is 0 Å². The standard InChI is InChI=1S/C23H31N5O3/c1-15-12-16(2)25-23(24-15)28-10-8-19(9-11-28)27-22(30)21(26-17(3)29)14-18-6-5-7-20(13-18)31-4/h5-7,12-13,19,21H,8-11,14H2,1-4H3,(H,26,29)(H,27,30). The molecular formula is C23H31N5O3. The summed E-state index contributed by atoms with van der Waals surface area (Å²) in [5.41, 5.74) is 2.83. The number of carbonyl (C=O) groups is 2. The van der Waals surface area contributed by atoms with Gasteiger partial charge in [-0.05, 0) is 50.5 Å². The van der Waals surface area contributed by atoms with Crippen LogP contribution in [0.25, 0.3) is 0 Å². The maximum atomic E-state index is 13.0. The Morgan fingerprint density at radius 2 is 1.84 bits per heavy atom. The van der Waals surface area contributed by atoms with Crippen LogP contribution in [0.15, 0.2) is 30.3 Å². The van der Waals surface area contributed by atoms with Gasteiger partial charge in [0.25, 0.3) is 0 Å². The summed E-state index contributed by atoms with van der Waals surface area (Å²) < 4.78 is 5.26. The van der Waals surface area contributed by atoms with Gasteiger partial charge in [0, 0.05) is 43.9 Å². The van der Waals surface area contributed by atoms with Crippen LogP contribution in [-0.4, -0.2) is 54.1 Å². The number of nitrogens with zero attached hydrogens (tertiary/aromatic N) is 3. The Kier molecular flexibility index (Phi) is 7.44. The van der Waals surface area contributed by atoms with Gasteiger partial charge in [-0.3, -0.25) is 9.59 Å². The number of rotatable bonds is 7. The summed E-state index contributed by atoms with van der Waals surface area (Å²) in [5, 5.41) is 5.90. The van der Waals surface area contributed by atoms with Gasteiger partial charge in [-0.1, -0.05) is 12.1 Å². The molecule has 1 aliphatic heterocycles. The molecule has 0 saturated carbocycles. The van der Waals surface area contributed by atoms with E-state index >= 15 is 0 Å². The predicted molar refractivity (Wildman–Crippen MR) is 119 cm³/mol. The average molecular weight is 426 g/mol. The van der Waals surface area contributed by atoms with Crippen molar-refractivity contribution < 1.29 is 14.3 Å². The van der Waals surface area contributed by atoms with Gasteiger partial charge in [0.05, 0.1) is 7.11 Å². The van der Waals surface area contributed by atoms with Crippen LogP contribution >= 0.6 is 0 Å². The van der Waals surface area contributed by atoms with Crippen molar-refractivity contribution in [1.82, 2.24) is 20.6 Å². The van der Waals surface area contributed by atoms with E-state index in [1.807, 2.05) is 44.2 Å². The van der Waals surface area contributed by atoms with Crippen LogP contribution < -0.4 is 20.3 Å². The number of carbonyl (C=O) groups excluding carboxylic acids is 2. The Bertz CT molecular complexity index is 905.